The quantitative estimate of drug-likeness (QED) is 0.580. The molecule has 1 aliphatic heterocycles. The summed E-state index contributed by atoms with van der Waals surface area (Å²) >= 11 is 0. The SMILES string of the molecule is CCCCCCCCCCC1Cc2cc(C(=O)O)ccc2N1. The van der Waals surface area contributed by atoms with Crippen LogP contribution in [0.5, 0.6) is 0 Å². The molecule has 3 nitrogen and oxygen atoms in total. The molecule has 2 N–H and O–H groups in total. The monoisotopic (exact) mass is 303 g/mol. The standard InChI is InChI=1S/C19H29NO2/c1-2-3-4-5-6-7-8-9-10-17-14-16-13-15(19(21)22)11-12-18(16)20-17/h11-13,17,20H,2-10,14H2,1H3,(H,21,22). The van der Waals surface area contributed by atoms with Crippen LogP contribution in [0.3, 0.4) is 0 Å². The second kappa shape index (κ2) is 8.82. The molecule has 1 aromatic carbocycles. The van der Waals surface area contributed by atoms with E-state index in [9.17, 15) is 4.79 Å². The number of carbonyl (C=O) groups is 1. The summed E-state index contributed by atoms with van der Waals surface area (Å²) in [6, 6.07) is 5.90. The maximum absolute atomic E-state index is 11.0. The predicted octanol–water partition coefficient (Wildman–Crippen LogP) is 5.25. The van der Waals surface area contributed by atoms with Gasteiger partial charge in [0.1, 0.15) is 0 Å². The van der Waals surface area contributed by atoms with Gasteiger partial charge in [0.25, 0.3) is 0 Å². The fraction of sp³-hybridized carbons (Fsp3) is 0.632. The van der Waals surface area contributed by atoms with Crippen LogP contribution in [0.25, 0.3) is 0 Å². The van der Waals surface area contributed by atoms with Gasteiger partial charge in [-0.2, -0.15) is 0 Å². The number of anilines is 1. The van der Waals surface area contributed by atoms with Gasteiger partial charge >= 0.3 is 5.97 Å². The van der Waals surface area contributed by atoms with E-state index in [0.29, 0.717) is 11.6 Å². The van der Waals surface area contributed by atoms with Crippen molar-refractivity contribution >= 4 is 11.7 Å². The first-order chi connectivity index (χ1) is 10.7. The van der Waals surface area contributed by atoms with Crippen LogP contribution in [-0.2, 0) is 6.42 Å². The third-order valence-corrected chi connectivity index (χ3v) is 4.58. The van der Waals surface area contributed by atoms with Crippen LogP contribution in [0.15, 0.2) is 18.2 Å². The lowest BCUT2D eigenvalue weighted by Gasteiger charge is -2.10. The van der Waals surface area contributed by atoms with Gasteiger partial charge in [-0.3, -0.25) is 0 Å². The van der Waals surface area contributed by atoms with Gasteiger partial charge in [0.2, 0.25) is 0 Å². The summed E-state index contributed by atoms with van der Waals surface area (Å²) in [4.78, 5) is 11.0. The van der Waals surface area contributed by atoms with Gasteiger partial charge in [-0.15, -0.1) is 0 Å². The largest absolute Gasteiger partial charge is 0.478 e. The van der Waals surface area contributed by atoms with Crippen LogP contribution in [0.2, 0.25) is 0 Å². The van der Waals surface area contributed by atoms with Crippen LogP contribution < -0.4 is 5.32 Å². The van der Waals surface area contributed by atoms with Gasteiger partial charge in [0.15, 0.2) is 0 Å². The Hall–Kier alpha value is -1.51. The summed E-state index contributed by atoms with van der Waals surface area (Å²) < 4.78 is 0. The minimum absolute atomic E-state index is 0.397. The molecule has 1 unspecified atom stereocenters. The number of fused-ring (bicyclic) bond motifs is 1. The highest BCUT2D eigenvalue weighted by molar-refractivity contribution is 5.88. The average Bonchev–Trinajstić information content (AvgIpc) is 2.91. The third-order valence-electron chi connectivity index (χ3n) is 4.58. The van der Waals surface area contributed by atoms with Gasteiger partial charge in [-0.25, -0.2) is 4.79 Å². The Labute approximate surface area is 134 Å². The number of benzene rings is 1. The van der Waals surface area contributed by atoms with Crippen molar-refractivity contribution in [2.45, 2.75) is 77.2 Å². The van der Waals surface area contributed by atoms with E-state index in [1.807, 2.05) is 12.1 Å². The van der Waals surface area contributed by atoms with Crippen molar-refractivity contribution in [3.63, 3.8) is 0 Å². The molecular formula is C19H29NO2. The molecule has 1 aromatic rings. The lowest BCUT2D eigenvalue weighted by Crippen LogP contribution is -2.14. The van der Waals surface area contributed by atoms with Crippen LogP contribution in [0.1, 0.15) is 80.6 Å². The van der Waals surface area contributed by atoms with Gasteiger partial charge in [0, 0.05) is 11.7 Å². The summed E-state index contributed by atoms with van der Waals surface area (Å²) in [5.74, 6) is -0.839. The van der Waals surface area contributed by atoms with Crippen molar-refractivity contribution in [3.05, 3.63) is 29.3 Å². The molecule has 0 aromatic heterocycles. The lowest BCUT2D eigenvalue weighted by molar-refractivity contribution is 0.0697. The third kappa shape index (κ3) is 5.04. The van der Waals surface area contributed by atoms with Crippen molar-refractivity contribution in [1.82, 2.24) is 0 Å². The number of hydrogen-bond donors (Lipinski definition) is 2. The van der Waals surface area contributed by atoms with Gasteiger partial charge in [-0.05, 0) is 36.6 Å². The fourth-order valence-electron chi connectivity index (χ4n) is 3.27. The Bertz CT molecular complexity index is 484. The van der Waals surface area contributed by atoms with E-state index < -0.39 is 5.97 Å². The average molecular weight is 303 g/mol. The molecule has 0 radical (unpaired) electrons. The molecule has 0 spiro atoms. The normalized spacial score (nSPS) is 16.3. The zero-order valence-corrected chi connectivity index (χ0v) is 13.7. The number of nitrogens with one attached hydrogen (secondary N) is 1. The van der Waals surface area contributed by atoms with Crippen molar-refractivity contribution in [3.8, 4) is 0 Å². The smallest absolute Gasteiger partial charge is 0.335 e. The molecule has 22 heavy (non-hydrogen) atoms. The molecule has 3 heteroatoms. The highest BCUT2D eigenvalue weighted by Gasteiger charge is 2.21. The highest BCUT2D eigenvalue weighted by atomic mass is 16.4. The predicted molar refractivity (Wildman–Crippen MR) is 91.7 cm³/mol. The molecule has 0 aliphatic carbocycles. The summed E-state index contributed by atoms with van der Waals surface area (Å²) in [6.45, 7) is 2.26. The van der Waals surface area contributed by atoms with Gasteiger partial charge in [0.05, 0.1) is 5.56 Å². The second-order valence-electron chi connectivity index (χ2n) is 6.49. The number of rotatable bonds is 10. The van der Waals surface area contributed by atoms with Crippen LogP contribution >= 0.6 is 0 Å². The molecule has 1 aliphatic rings. The number of carboxylic acid groups (broad SMARTS) is 1. The summed E-state index contributed by atoms with van der Waals surface area (Å²) in [6.07, 6.45) is 12.9. The Kier molecular flexibility index (Phi) is 6.75. The molecule has 0 fully saturated rings. The van der Waals surface area contributed by atoms with E-state index in [4.69, 9.17) is 5.11 Å². The van der Waals surface area contributed by atoms with E-state index >= 15 is 0 Å². The van der Waals surface area contributed by atoms with Crippen LogP contribution in [-0.4, -0.2) is 17.1 Å². The first-order valence-electron chi connectivity index (χ1n) is 8.83. The fourth-order valence-corrected chi connectivity index (χ4v) is 3.27. The first kappa shape index (κ1) is 16.9. The maximum atomic E-state index is 11.0. The van der Waals surface area contributed by atoms with E-state index in [-0.39, 0.29) is 0 Å². The van der Waals surface area contributed by atoms with E-state index in [1.165, 1.54) is 57.8 Å². The van der Waals surface area contributed by atoms with Crippen molar-refractivity contribution in [2.75, 3.05) is 5.32 Å². The molecule has 0 bridgehead atoms. The molecule has 1 atom stereocenters. The molecule has 0 saturated carbocycles. The van der Waals surface area contributed by atoms with E-state index in [0.717, 1.165) is 17.7 Å². The minimum Gasteiger partial charge on any atom is -0.478 e. The zero-order chi connectivity index (χ0) is 15.8. The molecule has 2 rings (SSSR count). The maximum Gasteiger partial charge on any atom is 0.335 e. The number of aromatic carboxylic acids is 1. The molecule has 1 heterocycles. The minimum atomic E-state index is -0.839. The molecule has 0 amide bonds. The number of unbranched alkanes of at least 4 members (excludes halogenated alkanes) is 7. The Balaban J connectivity index is 1.62. The molecule has 122 valence electrons. The Morgan fingerprint density at radius 1 is 1.14 bits per heavy atom. The Morgan fingerprint density at radius 3 is 2.50 bits per heavy atom. The Morgan fingerprint density at radius 2 is 1.82 bits per heavy atom. The van der Waals surface area contributed by atoms with E-state index in [1.54, 1.807) is 6.07 Å². The van der Waals surface area contributed by atoms with Crippen molar-refractivity contribution < 1.29 is 9.90 Å². The molecular weight excluding hydrogens is 274 g/mol. The van der Waals surface area contributed by atoms with Crippen molar-refractivity contribution in [1.29, 1.82) is 0 Å². The second-order valence-corrected chi connectivity index (χ2v) is 6.49. The molecule has 0 saturated heterocycles. The summed E-state index contributed by atoms with van der Waals surface area (Å²) in [7, 11) is 0. The van der Waals surface area contributed by atoms with Gasteiger partial charge < -0.3 is 10.4 Å². The lowest BCUT2D eigenvalue weighted by atomic mass is 10.0. The highest BCUT2D eigenvalue weighted by Crippen LogP contribution is 2.29. The summed E-state index contributed by atoms with van der Waals surface area (Å²) in [5, 5.41) is 12.6. The van der Waals surface area contributed by atoms with Crippen LogP contribution in [0, 0.1) is 0 Å². The van der Waals surface area contributed by atoms with Gasteiger partial charge in [-0.1, -0.05) is 58.3 Å². The van der Waals surface area contributed by atoms with E-state index in [2.05, 4.69) is 12.2 Å². The topological polar surface area (TPSA) is 49.3 Å². The number of hydrogen-bond acceptors (Lipinski definition) is 2. The summed E-state index contributed by atoms with van der Waals surface area (Å²) in [5.41, 5.74) is 2.67. The van der Waals surface area contributed by atoms with Crippen molar-refractivity contribution in [2.24, 2.45) is 0 Å². The zero-order valence-electron chi connectivity index (χ0n) is 13.7. The number of carboxylic acids is 1. The van der Waals surface area contributed by atoms with Crippen LogP contribution in [0.4, 0.5) is 5.69 Å². The first-order valence-corrected chi connectivity index (χ1v) is 8.83.